The van der Waals surface area contributed by atoms with Gasteiger partial charge in [-0.15, -0.1) is 12.4 Å². The van der Waals surface area contributed by atoms with E-state index in [0.717, 1.165) is 0 Å². The van der Waals surface area contributed by atoms with Crippen LogP contribution in [0.2, 0.25) is 0 Å². The number of hydrogen-bond acceptors (Lipinski definition) is 4. The van der Waals surface area contributed by atoms with Crippen molar-refractivity contribution in [3.05, 3.63) is 18.2 Å². The summed E-state index contributed by atoms with van der Waals surface area (Å²) in [6.45, 7) is 3.09. The quantitative estimate of drug-likeness (QED) is 0.806. The van der Waals surface area contributed by atoms with Gasteiger partial charge in [0.25, 0.3) is 0 Å². The third-order valence-corrected chi connectivity index (χ3v) is 2.36. The Labute approximate surface area is 120 Å². The van der Waals surface area contributed by atoms with Crippen LogP contribution in [-0.2, 0) is 4.79 Å². The van der Waals surface area contributed by atoms with Crippen LogP contribution in [0.25, 0.3) is 0 Å². The zero-order chi connectivity index (χ0) is 13.4. The molecule has 19 heavy (non-hydrogen) atoms. The van der Waals surface area contributed by atoms with Crippen molar-refractivity contribution in [2.45, 2.75) is 13.3 Å². The minimum absolute atomic E-state index is 0. The molecule has 0 fully saturated rings. The molecule has 0 radical (unpaired) electrons. The van der Waals surface area contributed by atoms with Gasteiger partial charge >= 0.3 is 0 Å². The van der Waals surface area contributed by atoms with Gasteiger partial charge in [0.15, 0.2) is 0 Å². The highest BCUT2D eigenvalue weighted by Crippen LogP contribution is 2.29. The third kappa shape index (κ3) is 5.81. The molecule has 0 spiro atoms. The summed E-state index contributed by atoms with van der Waals surface area (Å²) in [6, 6.07) is 5.34. The number of nitrogens with one attached hydrogen (secondary N) is 2. The molecule has 1 aromatic carbocycles. The van der Waals surface area contributed by atoms with E-state index in [4.69, 9.17) is 9.47 Å². The van der Waals surface area contributed by atoms with Gasteiger partial charge in [-0.25, -0.2) is 0 Å². The van der Waals surface area contributed by atoms with E-state index in [1.54, 1.807) is 25.3 Å². The van der Waals surface area contributed by atoms with Gasteiger partial charge in [-0.05, 0) is 26.1 Å². The number of ether oxygens (including phenoxy) is 2. The fourth-order valence-corrected chi connectivity index (χ4v) is 1.47. The summed E-state index contributed by atoms with van der Waals surface area (Å²) in [5.41, 5.74) is 0.636. The molecule has 5 nitrogen and oxygen atoms in total. The molecule has 0 unspecified atom stereocenters. The number of rotatable bonds is 7. The number of carbonyl (C=O) groups excluding carboxylic acids is 1. The first-order valence-electron chi connectivity index (χ1n) is 5.96. The van der Waals surface area contributed by atoms with Crippen LogP contribution < -0.4 is 20.1 Å². The number of methoxy groups -OCH3 is 1. The molecule has 2 N–H and O–H groups in total. The first kappa shape index (κ1) is 17.5. The lowest BCUT2D eigenvalue weighted by molar-refractivity contribution is -0.116. The van der Waals surface area contributed by atoms with Crippen LogP contribution in [0.4, 0.5) is 5.69 Å². The predicted molar refractivity (Wildman–Crippen MR) is 78.6 cm³/mol. The molecule has 0 saturated carbocycles. The number of benzene rings is 1. The summed E-state index contributed by atoms with van der Waals surface area (Å²) in [5.74, 6) is 1.28. The number of halogens is 1. The van der Waals surface area contributed by atoms with Crippen LogP contribution in [0.1, 0.15) is 13.3 Å². The van der Waals surface area contributed by atoms with Gasteiger partial charge in [-0.1, -0.05) is 0 Å². The van der Waals surface area contributed by atoms with Crippen molar-refractivity contribution in [1.82, 2.24) is 5.32 Å². The van der Waals surface area contributed by atoms with Crippen LogP contribution >= 0.6 is 12.4 Å². The van der Waals surface area contributed by atoms with Crippen LogP contribution in [0.5, 0.6) is 11.5 Å². The second kappa shape index (κ2) is 9.47. The lowest BCUT2D eigenvalue weighted by Gasteiger charge is -2.12. The van der Waals surface area contributed by atoms with Gasteiger partial charge in [0, 0.05) is 19.0 Å². The van der Waals surface area contributed by atoms with Crippen molar-refractivity contribution in [3.8, 4) is 11.5 Å². The van der Waals surface area contributed by atoms with Gasteiger partial charge in [0.2, 0.25) is 5.91 Å². The first-order chi connectivity index (χ1) is 8.71. The number of hydrogen-bond donors (Lipinski definition) is 2. The fraction of sp³-hybridized carbons (Fsp3) is 0.462. The minimum Gasteiger partial charge on any atom is -0.497 e. The van der Waals surface area contributed by atoms with Gasteiger partial charge in [0.05, 0.1) is 19.4 Å². The molecule has 1 amide bonds. The fourth-order valence-electron chi connectivity index (χ4n) is 1.47. The Kier molecular flexibility index (Phi) is 8.74. The molecule has 0 aromatic heterocycles. The maximum Gasteiger partial charge on any atom is 0.225 e. The molecule has 1 rings (SSSR count). The number of amides is 1. The summed E-state index contributed by atoms with van der Waals surface area (Å²) < 4.78 is 10.6. The maximum absolute atomic E-state index is 11.7. The van der Waals surface area contributed by atoms with Crippen molar-refractivity contribution in [2.24, 2.45) is 0 Å². The Bertz CT molecular complexity index is 399. The molecule has 0 atom stereocenters. The highest BCUT2D eigenvalue weighted by molar-refractivity contribution is 5.92. The molecule has 108 valence electrons. The topological polar surface area (TPSA) is 59.6 Å². The van der Waals surface area contributed by atoms with E-state index in [-0.39, 0.29) is 18.3 Å². The summed E-state index contributed by atoms with van der Waals surface area (Å²) in [7, 11) is 3.40. The molecule has 0 aliphatic carbocycles. The molecule has 0 aliphatic rings. The summed E-state index contributed by atoms with van der Waals surface area (Å²) in [4.78, 5) is 11.7. The number of anilines is 1. The van der Waals surface area contributed by atoms with E-state index < -0.39 is 0 Å². The summed E-state index contributed by atoms with van der Waals surface area (Å²) in [5, 5.41) is 5.75. The Morgan fingerprint density at radius 3 is 2.68 bits per heavy atom. The number of carbonyl (C=O) groups is 1. The SMILES string of the molecule is CCOc1ccc(OC)cc1NC(=O)CCNC.Cl. The van der Waals surface area contributed by atoms with Crippen molar-refractivity contribution in [2.75, 3.05) is 32.6 Å². The smallest absolute Gasteiger partial charge is 0.225 e. The van der Waals surface area contributed by atoms with E-state index in [0.29, 0.717) is 36.8 Å². The molecule has 0 saturated heterocycles. The van der Waals surface area contributed by atoms with Crippen LogP contribution in [0.3, 0.4) is 0 Å². The van der Waals surface area contributed by atoms with Crippen molar-refractivity contribution < 1.29 is 14.3 Å². The largest absolute Gasteiger partial charge is 0.497 e. The predicted octanol–water partition coefficient (Wildman–Crippen LogP) is 2.06. The molecular weight excluding hydrogens is 268 g/mol. The Morgan fingerprint density at radius 1 is 1.37 bits per heavy atom. The van der Waals surface area contributed by atoms with E-state index in [9.17, 15) is 4.79 Å². The Hall–Kier alpha value is -1.46. The first-order valence-corrected chi connectivity index (χ1v) is 5.96. The summed E-state index contributed by atoms with van der Waals surface area (Å²) in [6.07, 6.45) is 0.416. The molecule has 0 aliphatic heterocycles. The lowest BCUT2D eigenvalue weighted by atomic mass is 10.2. The summed E-state index contributed by atoms with van der Waals surface area (Å²) >= 11 is 0. The second-order valence-electron chi connectivity index (χ2n) is 3.70. The molecular formula is C13H21ClN2O3. The van der Waals surface area contributed by atoms with Crippen LogP contribution in [0, 0.1) is 0 Å². The molecule has 1 aromatic rings. The molecule has 0 bridgehead atoms. The minimum atomic E-state index is -0.0569. The van der Waals surface area contributed by atoms with Crippen molar-refractivity contribution >= 4 is 24.0 Å². The maximum atomic E-state index is 11.7. The average molecular weight is 289 g/mol. The van der Waals surface area contributed by atoms with Gasteiger partial charge in [-0.2, -0.15) is 0 Å². The van der Waals surface area contributed by atoms with Crippen LogP contribution in [-0.4, -0.2) is 33.2 Å². The highest BCUT2D eigenvalue weighted by Gasteiger charge is 2.09. The van der Waals surface area contributed by atoms with E-state index >= 15 is 0 Å². The highest BCUT2D eigenvalue weighted by atomic mass is 35.5. The zero-order valence-electron chi connectivity index (χ0n) is 11.5. The standard InChI is InChI=1S/C13H20N2O3.ClH/c1-4-18-12-6-5-10(17-3)9-11(12)15-13(16)7-8-14-2;/h5-6,9,14H,4,7-8H2,1-3H3,(H,15,16);1H. The van der Waals surface area contributed by atoms with E-state index in [1.807, 2.05) is 14.0 Å². The Balaban J connectivity index is 0.00000324. The zero-order valence-corrected chi connectivity index (χ0v) is 12.3. The molecule has 0 heterocycles. The second-order valence-corrected chi connectivity index (χ2v) is 3.70. The van der Waals surface area contributed by atoms with Crippen molar-refractivity contribution in [1.29, 1.82) is 0 Å². The third-order valence-electron chi connectivity index (χ3n) is 2.36. The normalized spacial score (nSPS) is 9.42. The van der Waals surface area contributed by atoms with Gasteiger partial charge < -0.3 is 20.1 Å². The van der Waals surface area contributed by atoms with Crippen LogP contribution in [0.15, 0.2) is 18.2 Å². The van der Waals surface area contributed by atoms with Crippen molar-refractivity contribution in [3.63, 3.8) is 0 Å². The average Bonchev–Trinajstić information content (AvgIpc) is 2.38. The van der Waals surface area contributed by atoms with Gasteiger partial charge in [-0.3, -0.25) is 4.79 Å². The monoisotopic (exact) mass is 288 g/mol. The van der Waals surface area contributed by atoms with E-state index in [2.05, 4.69) is 10.6 Å². The van der Waals surface area contributed by atoms with Gasteiger partial charge in [0.1, 0.15) is 11.5 Å². The van der Waals surface area contributed by atoms with E-state index in [1.165, 1.54) is 0 Å². The lowest BCUT2D eigenvalue weighted by Crippen LogP contribution is -2.19. The molecule has 6 heteroatoms. The Morgan fingerprint density at radius 2 is 2.11 bits per heavy atom.